The van der Waals surface area contributed by atoms with Crippen LogP contribution in [0.3, 0.4) is 0 Å². The van der Waals surface area contributed by atoms with Crippen LogP contribution in [-0.4, -0.2) is 50.1 Å². The van der Waals surface area contributed by atoms with Gasteiger partial charge in [-0.2, -0.15) is 0 Å². The number of rotatable bonds is 5. The predicted octanol–water partition coefficient (Wildman–Crippen LogP) is 0.644. The molecule has 1 aliphatic heterocycles. The summed E-state index contributed by atoms with van der Waals surface area (Å²) in [7, 11) is 1.68. The summed E-state index contributed by atoms with van der Waals surface area (Å²) in [5.41, 5.74) is 0. The summed E-state index contributed by atoms with van der Waals surface area (Å²) in [6.07, 6.45) is 1.74. The summed E-state index contributed by atoms with van der Waals surface area (Å²) < 4.78 is 4.99. The fourth-order valence-corrected chi connectivity index (χ4v) is 2.33. The highest BCUT2D eigenvalue weighted by atomic mass is 16.5. The molecule has 1 unspecified atom stereocenters. The zero-order chi connectivity index (χ0) is 13.5. The molecule has 0 aromatic rings. The summed E-state index contributed by atoms with van der Waals surface area (Å²) in [6.45, 7) is 6.62. The van der Waals surface area contributed by atoms with Gasteiger partial charge in [0.1, 0.15) is 0 Å². The van der Waals surface area contributed by atoms with Crippen LogP contribution in [0.4, 0.5) is 0 Å². The maximum Gasteiger partial charge on any atom is 0.309 e. The highest BCUT2D eigenvalue weighted by Gasteiger charge is 2.26. The molecule has 18 heavy (non-hydrogen) atoms. The first kappa shape index (κ1) is 15.0. The van der Waals surface area contributed by atoms with Crippen molar-refractivity contribution in [1.29, 1.82) is 0 Å². The topological polar surface area (TPSA) is 58.6 Å². The first-order valence-corrected chi connectivity index (χ1v) is 6.69. The van der Waals surface area contributed by atoms with Crippen molar-refractivity contribution < 1.29 is 14.3 Å². The molecule has 1 heterocycles. The Morgan fingerprint density at radius 1 is 1.39 bits per heavy atom. The number of amides is 1. The van der Waals surface area contributed by atoms with Crippen molar-refractivity contribution >= 4 is 11.9 Å². The van der Waals surface area contributed by atoms with E-state index in [1.807, 2.05) is 13.8 Å². The molecule has 5 heteroatoms. The number of nitrogens with one attached hydrogen (secondary N) is 1. The van der Waals surface area contributed by atoms with Crippen LogP contribution in [0.2, 0.25) is 0 Å². The first-order valence-electron chi connectivity index (χ1n) is 6.69. The molecule has 1 fully saturated rings. The minimum atomic E-state index is -0.133. The second kappa shape index (κ2) is 7.36. The number of carbonyl (C=O) groups excluding carboxylic acids is 2. The molecule has 104 valence electrons. The van der Waals surface area contributed by atoms with E-state index in [-0.39, 0.29) is 23.7 Å². The zero-order valence-electron chi connectivity index (χ0n) is 11.6. The van der Waals surface area contributed by atoms with Gasteiger partial charge < -0.3 is 15.0 Å². The second-order valence-corrected chi connectivity index (χ2v) is 4.84. The van der Waals surface area contributed by atoms with E-state index in [2.05, 4.69) is 10.2 Å². The van der Waals surface area contributed by atoms with E-state index in [9.17, 15) is 9.59 Å². The van der Waals surface area contributed by atoms with Crippen molar-refractivity contribution in [1.82, 2.24) is 10.2 Å². The van der Waals surface area contributed by atoms with Gasteiger partial charge in [-0.05, 0) is 32.9 Å². The van der Waals surface area contributed by atoms with Gasteiger partial charge in [0.05, 0.1) is 12.5 Å². The normalized spacial score (nSPS) is 19.3. The van der Waals surface area contributed by atoms with Crippen molar-refractivity contribution in [3.8, 4) is 0 Å². The molecule has 0 aromatic heterocycles. The van der Waals surface area contributed by atoms with Crippen LogP contribution in [0, 0.1) is 11.8 Å². The van der Waals surface area contributed by atoms with Crippen molar-refractivity contribution in [3.05, 3.63) is 0 Å². The fraction of sp³-hybridized carbons (Fsp3) is 0.846. The monoisotopic (exact) mass is 256 g/mol. The van der Waals surface area contributed by atoms with Crippen molar-refractivity contribution in [2.24, 2.45) is 11.8 Å². The van der Waals surface area contributed by atoms with Crippen LogP contribution in [0.25, 0.3) is 0 Å². The maximum absolute atomic E-state index is 11.5. The SMILES string of the molecule is CCOC(=O)C(C)CN1CCC(C(=O)NC)CC1. The number of piperidine rings is 1. The average Bonchev–Trinajstić information content (AvgIpc) is 2.39. The molecule has 1 amide bonds. The Morgan fingerprint density at radius 3 is 2.50 bits per heavy atom. The van der Waals surface area contributed by atoms with Gasteiger partial charge in [0.25, 0.3) is 0 Å². The van der Waals surface area contributed by atoms with Crippen LogP contribution < -0.4 is 5.32 Å². The third-order valence-corrected chi connectivity index (χ3v) is 3.43. The average molecular weight is 256 g/mol. The Balaban J connectivity index is 2.31. The Bertz CT molecular complexity index is 286. The number of esters is 1. The summed E-state index contributed by atoms with van der Waals surface area (Å²) in [4.78, 5) is 25.2. The number of likely N-dealkylation sites (tertiary alicyclic amines) is 1. The van der Waals surface area contributed by atoms with E-state index in [0.29, 0.717) is 6.61 Å². The quantitative estimate of drug-likeness (QED) is 0.734. The van der Waals surface area contributed by atoms with Crippen LogP contribution >= 0.6 is 0 Å². The summed E-state index contributed by atoms with van der Waals surface area (Å²) >= 11 is 0. The van der Waals surface area contributed by atoms with E-state index in [1.54, 1.807) is 7.05 Å². The molecular formula is C13H24N2O3. The van der Waals surface area contributed by atoms with Gasteiger partial charge in [0.15, 0.2) is 0 Å². The van der Waals surface area contributed by atoms with Crippen molar-refractivity contribution in [2.75, 3.05) is 33.3 Å². The Kier molecular flexibility index (Phi) is 6.12. The summed E-state index contributed by atoms with van der Waals surface area (Å²) in [6, 6.07) is 0. The van der Waals surface area contributed by atoms with E-state index in [1.165, 1.54) is 0 Å². The van der Waals surface area contributed by atoms with Crippen molar-refractivity contribution in [3.63, 3.8) is 0 Å². The zero-order valence-corrected chi connectivity index (χ0v) is 11.6. The molecule has 1 aliphatic rings. The molecule has 1 atom stereocenters. The van der Waals surface area contributed by atoms with Gasteiger partial charge in [-0.15, -0.1) is 0 Å². The lowest BCUT2D eigenvalue weighted by Gasteiger charge is -2.32. The van der Waals surface area contributed by atoms with Crippen LogP contribution in [0.15, 0.2) is 0 Å². The third-order valence-electron chi connectivity index (χ3n) is 3.43. The number of ether oxygens (including phenoxy) is 1. The number of hydrogen-bond donors (Lipinski definition) is 1. The molecule has 0 bridgehead atoms. The Hall–Kier alpha value is -1.10. The van der Waals surface area contributed by atoms with E-state index in [4.69, 9.17) is 4.74 Å². The smallest absolute Gasteiger partial charge is 0.309 e. The molecule has 0 spiro atoms. The predicted molar refractivity (Wildman–Crippen MR) is 69.0 cm³/mol. The van der Waals surface area contributed by atoms with Crippen LogP contribution in [0.5, 0.6) is 0 Å². The number of carbonyl (C=O) groups is 2. The second-order valence-electron chi connectivity index (χ2n) is 4.84. The molecule has 0 aromatic carbocycles. The number of hydrogen-bond acceptors (Lipinski definition) is 4. The highest BCUT2D eigenvalue weighted by molar-refractivity contribution is 5.78. The lowest BCUT2D eigenvalue weighted by molar-refractivity contribution is -0.148. The van der Waals surface area contributed by atoms with Gasteiger partial charge in [-0.25, -0.2) is 0 Å². The highest BCUT2D eigenvalue weighted by Crippen LogP contribution is 2.18. The molecule has 0 radical (unpaired) electrons. The van der Waals surface area contributed by atoms with Crippen molar-refractivity contribution in [2.45, 2.75) is 26.7 Å². The van der Waals surface area contributed by atoms with Crippen LogP contribution in [-0.2, 0) is 14.3 Å². The third kappa shape index (κ3) is 4.29. The fourth-order valence-electron chi connectivity index (χ4n) is 2.33. The van der Waals surface area contributed by atoms with Gasteiger partial charge >= 0.3 is 5.97 Å². The van der Waals surface area contributed by atoms with E-state index >= 15 is 0 Å². The largest absolute Gasteiger partial charge is 0.466 e. The molecule has 1 saturated heterocycles. The van der Waals surface area contributed by atoms with E-state index in [0.717, 1.165) is 32.5 Å². The summed E-state index contributed by atoms with van der Waals surface area (Å²) in [5, 5.41) is 2.69. The molecule has 5 nitrogen and oxygen atoms in total. The number of nitrogens with zero attached hydrogens (tertiary/aromatic N) is 1. The summed E-state index contributed by atoms with van der Waals surface area (Å²) in [5.74, 6) is 0.0321. The van der Waals surface area contributed by atoms with E-state index < -0.39 is 0 Å². The van der Waals surface area contributed by atoms with Gasteiger partial charge in [0.2, 0.25) is 5.91 Å². The van der Waals surface area contributed by atoms with Gasteiger partial charge in [0, 0.05) is 19.5 Å². The van der Waals surface area contributed by atoms with Gasteiger partial charge in [-0.1, -0.05) is 6.92 Å². The lowest BCUT2D eigenvalue weighted by Crippen LogP contribution is -2.42. The van der Waals surface area contributed by atoms with Gasteiger partial charge in [-0.3, -0.25) is 9.59 Å². The lowest BCUT2D eigenvalue weighted by atomic mass is 9.95. The standard InChI is InChI=1S/C13H24N2O3/c1-4-18-13(17)10(2)9-15-7-5-11(6-8-15)12(16)14-3/h10-11H,4-9H2,1-3H3,(H,14,16). The first-order chi connectivity index (χ1) is 8.58. The Morgan fingerprint density at radius 2 is 2.00 bits per heavy atom. The molecule has 1 N–H and O–H groups in total. The molecular weight excluding hydrogens is 232 g/mol. The minimum Gasteiger partial charge on any atom is -0.466 e. The molecule has 1 rings (SSSR count). The minimum absolute atomic E-state index is 0.0958. The Labute approximate surface area is 109 Å². The molecule has 0 saturated carbocycles. The van der Waals surface area contributed by atoms with Crippen LogP contribution in [0.1, 0.15) is 26.7 Å². The maximum atomic E-state index is 11.5. The molecule has 0 aliphatic carbocycles.